The Kier molecular flexibility index (Phi) is 4.38. The van der Waals surface area contributed by atoms with Gasteiger partial charge in [-0.3, -0.25) is 4.98 Å². The molecule has 0 aliphatic carbocycles. The van der Waals surface area contributed by atoms with E-state index < -0.39 is 0 Å². The average Bonchev–Trinajstić information content (AvgIpc) is 2.89. The lowest BCUT2D eigenvalue weighted by atomic mass is 10.1. The number of pyridine rings is 1. The van der Waals surface area contributed by atoms with Crippen molar-refractivity contribution >= 4 is 15.9 Å². The lowest BCUT2D eigenvalue weighted by Crippen LogP contribution is -2.31. The molecule has 5 heteroatoms. The van der Waals surface area contributed by atoms with Crippen LogP contribution in [0, 0.1) is 0 Å². The van der Waals surface area contributed by atoms with Gasteiger partial charge in [0, 0.05) is 16.7 Å². The SMILES string of the molecule is CCC(N)C(Oc1cncc(Br)c1)c1ccco1. The summed E-state index contributed by atoms with van der Waals surface area (Å²) in [7, 11) is 0. The maximum atomic E-state index is 6.08. The van der Waals surface area contributed by atoms with E-state index in [9.17, 15) is 0 Å². The van der Waals surface area contributed by atoms with Crippen LogP contribution in [0.2, 0.25) is 0 Å². The molecular weight excluding hydrogens is 296 g/mol. The second kappa shape index (κ2) is 6.02. The van der Waals surface area contributed by atoms with E-state index in [0.29, 0.717) is 5.75 Å². The van der Waals surface area contributed by atoms with Crippen molar-refractivity contribution in [2.24, 2.45) is 5.73 Å². The molecule has 0 amide bonds. The predicted molar refractivity (Wildman–Crippen MR) is 72.3 cm³/mol. The molecule has 2 N–H and O–H groups in total. The first-order valence-corrected chi connectivity index (χ1v) is 6.56. The Labute approximate surface area is 114 Å². The van der Waals surface area contributed by atoms with Gasteiger partial charge >= 0.3 is 0 Å². The van der Waals surface area contributed by atoms with E-state index in [4.69, 9.17) is 14.9 Å². The minimum atomic E-state index is -0.305. The number of halogens is 1. The molecule has 2 heterocycles. The van der Waals surface area contributed by atoms with Crippen molar-refractivity contribution in [3.63, 3.8) is 0 Å². The van der Waals surface area contributed by atoms with Crippen LogP contribution in [-0.4, -0.2) is 11.0 Å². The number of hydrogen-bond acceptors (Lipinski definition) is 4. The quantitative estimate of drug-likeness (QED) is 0.920. The molecule has 0 radical (unpaired) electrons. The van der Waals surface area contributed by atoms with Gasteiger partial charge in [0.05, 0.1) is 12.5 Å². The van der Waals surface area contributed by atoms with Gasteiger partial charge in [0.1, 0.15) is 11.5 Å². The predicted octanol–water partition coefficient (Wildman–Crippen LogP) is 3.29. The van der Waals surface area contributed by atoms with Crippen molar-refractivity contribution in [1.82, 2.24) is 4.98 Å². The molecule has 2 aromatic heterocycles. The fraction of sp³-hybridized carbons (Fsp3) is 0.308. The average molecular weight is 311 g/mol. The normalized spacial score (nSPS) is 14.2. The Morgan fingerprint density at radius 3 is 2.94 bits per heavy atom. The Morgan fingerprint density at radius 2 is 2.33 bits per heavy atom. The van der Waals surface area contributed by atoms with Crippen LogP contribution in [-0.2, 0) is 0 Å². The monoisotopic (exact) mass is 310 g/mol. The van der Waals surface area contributed by atoms with Crippen LogP contribution < -0.4 is 10.5 Å². The van der Waals surface area contributed by atoms with Gasteiger partial charge in [-0.1, -0.05) is 6.92 Å². The molecule has 0 aromatic carbocycles. The van der Waals surface area contributed by atoms with Crippen molar-refractivity contribution in [3.8, 4) is 5.75 Å². The number of hydrogen-bond donors (Lipinski definition) is 1. The highest BCUT2D eigenvalue weighted by atomic mass is 79.9. The lowest BCUT2D eigenvalue weighted by molar-refractivity contribution is 0.144. The molecular formula is C13H15BrN2O2. The Morgan fingerprint density at radius 1 is 1.50 bits per heavy atom. The second-order valence-electron chi connectivity index (χ2n) is 3.96. The van der Waals surface area contributed by atoms with Gasteiger partial charge < -0.3 is 14.9 Å². The summed E-state index contributed by atoms with van der Waals surface area (Å²) in [6.07, 6.45) is 5.47. The minimum absolute atomic E-state index is 0.130. The first-order valence-electron chi connectivity index (χ1n) is 5.77. The Hall–Kier alpha value is -1.33. The maximum Gasteiger partial charge on any atom is 0.171 e. The Bertz CT molecular complexity index is 487. The van der Waals surface area contributed by atoms with Crippen molar-refractivity contribution in [1.29, 1.82) is 0 Å². The van der Waals surface area contributed by atoms with Crippen LogP contribution in [0.1, 0.15) is 25.2 Å². The third-order valence-electron chi connectivity index (χ3n) is 2.63. The van der Waals surface area contributed by atoms with E-state index in [0.717, 1.165) is 16.7 Å². The summed E-state index contributed by atoms with van der Waals surface area (Å²) in [6.45, 7) is 2.02. The van der Waals surface area contributed by atoms with Crippen molar-refractivity contribution in [2.45, 2.75) is 25.5 Å². The zero-order chi connectivity index (χ0) is 13.0. The standard InChI is InChI=1S/C13H15BrN2O2/c1-2-11(15)13(12-4-3-5-17-12)18-10-6-9(14)7-16-8-10/h3-8,11,13H,2,15H2,1H3. The van der Waals surface area contributed by atoms with Crippen LogP contribution in [0.4, 0.5) is 0 Å². The van der Waals surface area contributed by atoms with Gasteiger partial charge in [0.2, 0.25) is 0 Å². The van der Waals surface area contributed by atoms with Gasteiger partial charge in [-0.25, -0.2) is 0 Å². The van der Waals surface area contributed by atoms with E-state index in [2.05, 4.69) is 20.9 Å². The van der Waals surface area contributed by atoms with E-state index >= 15 is 0 Å². The summed E-state index contributed by atoms with van der Waals surface area (Å²) in [5.74, 6) is 1.39. The molecule has 4 nitrogen and oxygen atoms in total. The number of nitrogens with two attached hydrogens (primary N) is 1. The van der Waals surface area contributed by atoms with Crippen LogP contribution >= 0.6 is 15.9 Å². The number of rotatable bonds is 5. The van der Waals surface area contributed by atoms with Crippen molar-refractivity contribution in [3.05, 3.63) is 47.1 Å². The van der Waals surface area contributed by atoms with E-state index in [1.807, 2.05) is 25.1 Å². The van der Waals surface area contributed by atoms with Gasteiger partial charge in [-0.05, 0) is 40.5 Å². The van der Waals surface area contributed by atoms with Crippen molar-refractivity contribution in [2.75, 3.05) is 0 Å². The molecule has 96 valence electrons. The fourth-order valence-electron chi connectivity index (χ4n) is 1.63. The van der Waals surface area contributed by atoms with Crippen LogP contribution in [0.5, 0.6) is 5.75 Å². The highest BCUT2D eigenvalue weighted by Crippen LogP contribution is 2.26. The summed E-state index contributed by atoms with van der Waals surface area (Å²) in [4.78, 5) is 4.06. The summed E-state index contributed by atoms with van der Waals surface area (Å²) in [5.41, 5.74) is 6.08. The van der Waals surface area contributed by atoms with Crippen LogP contribution in [0.3, 0.4) is 0 Å². The molecule has 2 atom stereocenters. The minimum Gasteiger partial charge on any atom is -0.479 e. The zero-order valence-corrected chi connectivity index (χ0v) is 11.6. The molecule has 0 spiro atoms. The van der Waals surface area contributed by atoms with Crippen LogP contribution in [0.25, 0.3) is 0 Å². The third kappa shape index (κ3) is 3.11. The number of nitrogens with zero attached hydrogens (tertiary/aromatic N) is 1. The second-order valence-corrected chi connectivity index (χ2v) is 4.88. The maximum absolute atomic E-state index is 6.08. The molecule has 0 aliphatic heterocycles. The van der Waals surface area contributed by atoms with Gasteiger partial charge in [-0.2, -0.15) is 0 Å². The van der Waals surface area contributed by atoms with Gasteiger partial charge in [-0.15, -0.1) is 0 Å². The van der Waals surface area contributed by atoms with E-state index in [1.165, 1.54) is 0 Å². The summed E-state index contributed by atoms with van der Waals surface area (Å²) in [6, 6.07) is 5.42. The zero-order valence-electron chi connectivity index (χ0n) is 10.0. The van der Waals surface area contributed by atoms with Crippen molar-refractivity contribution < 1.29 is 9.15 Å². The Balaban J connectivity index is 2.20. The number of ether oxygens (including phenoxy) is 1. The van der Waals surface area contributed by atoms with Gasteiger partial charge in [0.15, 0.2) is 6.10 Å². The molecule has 0 aliphatic rings. The third-order valence-corrected chi connectivity index (χ3v) is 3.06. The molecule has 2 rings (SSSR count). The highest BCUT2D eigenvalue weighted by Gasteiger charge is 2.23. The summed E-state index contributed by atoms with van der Waals surface area (Å²) in [5, 5.41) is 0. The van der Waals surface area contributed by atoms with E-state index in [1.54, 1.807) is 18.7 Å². The molecule has 0 bridgehead atoms. The first-order chi connectivity index (χ1) is 8.70. The topological polar surface area (TPSA) is 61.3 Å². The first kappa shape index (κ1) is 13.1. The van der Waals surface area contributed by atoms with Gasteiger partial charge in [0.25, 0.3) is 0 Å². The van der Waals surface area contributed by atoms with Crippen LogP contribution in [0.15, 0.2) is 45.7 Å². The molecule has 18 heavy (non-hydrogen) atoms. The fourth-order valence-corrected chi connectivity index (χ4v) is 1.97. The molecule has 0 fully saturated rings. The van der Waals surface area contributed by atoms with E-state index in [-0.39, 0.29) is 12.1 Å². The number of furan rings is 1. The lowest BCUT2D eigenvalue weighted by Gasteiger charge is -2.22. The summed E-state index contributed by atoms with van der Waals surface area (Å²) >= 11 is 3.36. The largest absolute Gasteiger partial charge is 0.479 e. The molecule has 2 aromatic rings. The number of aromatic nitrogens is 1. The highest BCUT2D eigenvalue weighted by molar-refractivity contribution is 9.10. The molecule has 0 saturated carbocycles. The molecule has 2 unspecified atom stereocenters. The smallest absolute Gasteiger partial charge is 0.171 e. The molecule has 0 saturated heterocycles. The summed E-state index contributed by atoms with van der Waals surface area (Å²) < 4.78 is 12.1.